The van der Waals surface area contributed by atoms with Gasteiger partial charge in [-0.3, -0.25) is 4.79 Å². The van der Waals surface area contributed by atoms with E-state index in [2.05, 4.69) is 15.3 Å². The van der Waals surface area contributed by atoms with Crippen molar-refractivity contribution in [1.29, 1.82) is 0 Å². The number of anilines is 1. The van der Waals surface area contributed by atoms with Gasteiger partial charge in [0.1, 0.15) is 11.5 Å². The molecule has 0 aliphatic carbocycles. The summed E-state index contributed by atoms with van der Waals surface area (Å²) in [4.78, 5) is 19.2. The smallest absolute Gasteiger partial charge is 0.271 e. The Bertz CT molecular complexity index is 327. The van der Waals surface area contributed by atoms with Gasteiger partial charge in [0.15, 0.2) is 0 Å². The molecule has 1 aromatic heterocycles. The molecule has 0 aromatic carbocycles. The van der Waals surface area contributed by atoms with Crippen molar-refractivity contribution in [2.24, 2.45) is 0 Å². The third-order valence-corrected chi connectivity index (χ3v) is 2.83. The van der Waals surface area contributed by atoms with Crippen LogP contribution in [0.2, 0.25) is 0 Å². The summed E-state index contributed by atoms with van der Waals surface area (Å²) in [6.45, 7) is 2.66. The van der Waals surface area contributed by atoms with Crippen molar-refractivity contribution in [3.63, 3.8) is 0 Å². The largest absolute Gasteiger partial charge is 0.382 e. The van der Waals surface area contributed by atoms with Crippen LogP contribution in [0.4, 0.5) is 5.82 Å². The Morgan fingerprint density at radius 3 is 2.87 bits per heavy atom. The summed E-state index contributed by atoms with van der Waals surface area (Å²) in [5.41, 5.74) is 5.65. The van der Waals surface area contributed by atoms with Gasteiger partial charge >= 0.3 is 0 Å². The van der Waals surface area contributed by atoms with Crippen molar-refractivity contribution >= 4 is 23.5 Å². The van der Waals surface area contributed by atoms with Gasteiger partial charge in [-0.25, -0.2) is 9.97 Å². The molecule has 0 radical (unpaired) electrons. The number of nitrogens with zero attached hydrogens (tertiary/aromatic N) is 2. The summed E-state index contributed by atoms with van der Waals surface area (Å²) in [6, 6.07) is 0. The number of hydrogen-bond acceptors (Lipinski definition) is 5. The quantitative estimate of drug-likeness (QED) is 0.783. The molecule has 0 aliphatic rings. The van der Waals surface area contributed by atoms with Crippen molar-refractivity contribution in [2.75, 3.05) is 18.5 Å². The van der Waals surface area contributed by atoms with Crippen LogP contribution in [-0.4, -0.2) is 33.9 Å². The minimum absolute atomic E-state index is 0.219. The molecule has 1 aromatic rings. The number of thioether (sulfide) groups is 1. The maximum atomic E-state index is 11.5. The predicted molar refractivity (Wildman–Crippen MR) is 61.8 cm³/mol. The molecule has 1 atom stereocenters. The number of nitrogen functional groups attached to an aromatic ring is 1. The first-order valence-corrected chi connectivity index (χ1v) is 5.80. The molecule has 82 valence electrons. The number of rotatable bonds is 4. The lowest BCUT2D eigenvalue weighted by Gasteiger charge is -2.08. The Morgan fingerprint density at radius 1 is 1.60 bits per heavy atom. The normalized spacial score (nSPS) is 12.1. The van der Waals surface area contributed by atoms with Gasteiger partial charge in [-0.1, -0.05) is 6.92 Å². The van der Waals surface area contributed by atoms with Gasteiger partial charge in [0.2, 0.25) is 0 Å². The second-order valence-electron chi connectivity index (χ2n) is 3.08. The molecule has 0 bridgehead atoms. The van der Waals surface area contributed by atoms with Crippen molar-refractivity contribution in [3.8, 4) is 0 Å². The van der Waals surface area contributed by atoms with Crippen LogP contribution in [0, 0.1) is 0 Å². The van der Waals surface area contributed by atoms with Crippen LogP contribution in [0.5, 0.6) is 0 Å². The molecular formula is C9H14N4OS. The first kappa shape index (κ1) is 11.8. The third-order valence-electron chi connectivity index (χ3n) is 1.86. The van der Waals surface area contributed by atoms with Crippen LogP contribution < -0.4 is 11.1 Å². The number of nitrogens with one attached hydrogen (secondary N) is 1. The van der Waals surface area contributed by atoms with Crippen molar-refractivity contribution in [1.82, 2.24) is 15.3 Å². The summed E-state index contributed by atoms with van der Waals surface area (Å²) >= 11 is 1.69. The highest BCUT2D eigenvalue weighted by Gasteiger charge is 2.08. The number of hydrogen-bond donors (Lipinski definition) is 2. The minimum atomic E-state index is -0.219. The molecule has 1 unspecified atom stereocenters. The number of nitrogens with two attached hydrogens (primary N) is 1. The molecule has 3 N–H and O–H groups in total. The molecule has 1 heterocycles. The van der Waals surface area contributed by atoms with Gasteiger partial charge in [0, 0.05) is 11.8 Å². The van der Waals surface area contributed by atoms with Crippen LogP contribution in [0.3, 0.4) is 0 Å². The summed E-state index contributed by atoms with van der Waals surface area (Å²) in [5.74, 6) is 0.0902. The van der Waals surface area contributed by atoms with Crippen LogP contribution in [-0.2, 0) is 0 Å². The Hall–Kier alpha value is -1.30. The van der Waals surface area contributed by atoms with E-state index >= 15 is 0 Å². The fourth-order valence-electron chi connectivity index (χ4n) is 0.866. The van der Waals surface area contributed by atoms with Gasteiger partial charge in [-0.2, -0.15) is 11.8 Å². The van der Waals surface area contributed by atoms with E-state index in [1.54, 1.807) is 11.8 Å². The van der Waals surface area contributed by atoms with Gasteiger partial charge in [-0.15, -0.1) is 0 Å². The zero-order valence-corrected chi connectivity index (χ0v) is 9.54. The standard InChI is InChI=1S/C9H14N4OS/c1-6(15-2)3-13-9(14)7-4-12-8(10)5-11-7/h4-6H,3H2,1-2H3,(H2,10,12)(H,13,14). The Balaban J connectivity index is 2.50. The molecule has 5 nitrogen and oxygen atoms in total. The van der Waals surface area contributed by atoms with E-state index in [1.165, 1.54) is 12.4 Å². The van der Waals surface area contributed by atoms with Crippen LogP contribution in [0.15, 0.2) is 12.4 Å². The van der Waals surface area contributed by atoms with Gasteiger partial charge < -0.3 is 11.1 Å². The van der Waals surface area contributed by atoms with E-state index in [4.69, 9.17) is 5.73 Å². The lowest BCUT2D eigenvalue weighted by atomic mass is 10.4. The molecule has 0 spiro atoms. The fraction of sp³-hybridized carbons (Fsp3) is 0.444. The third kappa shape index (κ3) is 3.75. The van der Waals surface area contributed by atoms with E-state index in [-0.39, 0.29) is 11.6 Å². The molecule has 0 fully saturated rings. The SMILES string of the molecule is CSC(C)CNC(=O)c1cnc(N)cn1. The maximum absolute atomic E-state index is 11.5. The lowest BCUT2D eigenvalue weighted by Crippen LogP contribution is -2.30. The highest BCUT2D eigenvalue weighted by Crippen LogP contribution is 2.03. The van der Waals surface area contributed by atoms with Crippen LogP contribution in [0.25, 0.3) is 0 Å². The Kier molecular flexibility index (Phi) is 4.36. The molecule has 0 saturated heterocycles. The molecule has 0 saturated carbocycles. The van der Waals surface area contributed by atoms with E-state index < -0.39 is 0 Å². The highest BCUT2D eigenvalue weighted by atomic mass is 32.2. The zero-order chi connectivity index (χ0) is 11.3. The van der Waals surface area contributed by atoms with Crippen molar-refractivity contribution in [3.05, 3.63) is 18.1 Å². The molecule has 15 heavy (non-hydrogen) atoms. The average molecular weight is 226 g/mol. The van der Waals surface area contributed by atoms with Crippen molar-refractivity contribution in [2.45, 2.75) is 12.2 Å². The summed E-state index contributed by atoms with van der Waals surface area (Å²) < 4.78 is 0. The van der Waals surface area contributed by atoms with Crippen molar-refractivity contribution < 1.29 is 4.79 Å². The molecule has 1 amide bonds. The lowest BCUT2D eigenvalue weighted by molar-refractivity contribution is 0.0949. The number of amides is 1. The highest BCUT2D eigenvalue weighted by molar-refractivity contribution is 7.99. The van der Waals surface area contributed by atoms with E-state index in [1.807, 2.05) is 13.2 Å². The monoisotopic (exact) mass is 226 g/mol. The van der Waals surface area contributed by atoms with E-state index in [0.29, 0.717) is 17.6 Å². The second kappa shape index (κ2) is 5.55. The molecular weight excluding hydrogens is 212 g/mol. The molecule has 0 aliphatic heterocycles. The maximum Gasteiger partial charge on any atom is 0.271 e. The average Bonchev–Trinajstić information content (AvgIpc) is 2.26. The summed E-state index contributed by atoms with van der Waals surface area (Å²) in [5, 5.41) is 3.15. The fourth-order valence-corrected chi connectivity index (χ4v) is 1.12. The van der Waals surface area contributed by atoms with Gasteiger partial charge in [-0.05, 0) is 6.26 Å². The van der Waals surface area contributed by atoms with E-state index in [9.17, 15) is 4.79 Å². The molecule has 1 rings (SSSR count). The first-order valence-electron chi connectivity index (χ1n) is 4.52. The second-order valence-corrected chi connectivity index (χ2v) is 4.36. The predicted octanol–water partition coefficient (Wildman–Crippen LogP) is 0.540. The number of aromatic nitrogens is 2. The zero-order valence-electron chi connectivity index (χ0n) is 8.73. The summed E-state index contributed by atoms with van der Waals surface area (Å²) in [6.07, 6.45) is 4.74. The van der Waals surface area contributed by atoms with Gasteiger partial charge in [0.05, 0.1) is 12.4 Å². The van der Waals surface area contributed by atoms with Gasteiger partial charge in [0.25, 0.3) is 5.91 Å². The molecule has 6 heteroatoms. The summed E-state index contributed by atoms with van der Waals surface area (Å²) in [7, 11) is 0. The van der Waals surface area contributed by atoms with E-state index in [0.717, 1.165) is 0 Å². The number of carbonyl (C=O) groups is 1. The Morgan fingerprint density at radius 2 is 2.33 bits per heavy atom. The number of carbonyl (C=O) groups excluding carboxylic acids is 1. The van der Waals surface area contributed by atoms with Crippen LogP contribution in [0.1, 0.15) is 17.4 Å². The topological polar surface area (TPSA) is 80.9 Å². The van der Waals surface area contributed by atoms with Crippen LogP contribution >= 0.6 is 11.8 Å². The Labute approximate surface area is 92.9 Å². The first-order chi connectivity index (χ1) is 7.13. The minimum Gasteiger partial charge on any atom is -0.382 e.